The standard InChI is InChI=1S/C21H22ClNO2/c1-5-8-17-12-16(13-20(24-4)21(17)25-11-6-2)14-23-19-10-7-9-18(22)15(19)3/h2,5,7,9-10,12-13,23H,1,8,11,14H2,3-4H3. The largest absolute Gasteiger partial charge is 0.493 e. The van der Waals surface area contributed by atoms with Crippen LogP contribution in [0.5, 0.6) is 11.5 Å². The molecule has 2 aromatic rings. The van der Waals surface area contributed by atoms with Gasteiger partial charge < -0.3 is 14.8 Å². The van der Waals surface area contributed by atoms with Gasteiger partial charge in [0.05, 0.1) is 7.11 Å². The Morgan fingerprint density at radius 1 is 1.36 bits per heavy atom. The topological polar surface area (TPSA) is 30.5 Å². The van der Waals surface area contributed by atoms with Crippen molar-refractivity contribution in [3.05, 3.63) is 64.7 Å². The van der Waals surface area contributed by atoms with Gasteiger partial charge in [-0.3, -0.25) is 0 Å². The maximum absolute atomic E-state index is 6.18. The first-order valence-electron chi connectivity index (χ1n) is 7.96. The average Bonchev–Trinajstić information content (AvgIpc) is 2.61. The summed E-state index contributed by atoms with van der Waals surface area (Å²) in [7, 11) is 1.62. The van der Waals surface area contributed by atoms with Crippen molar-refractivity contribution in [3.63, 3.8) is 0 Å². The van der Waals surface area contributed by atoms with E-state index < -0.39 is 0 Å². The molecule has 130 valence electrons. The van der Waals surface area contributed by atoms with Gasteiger partial charge in [0.25, 0.3) is 0 Å². The molecule has 0 unspecified atom stereocenters. The van der Waals surface area contributed by atoms with Gasteiger partial charge >= 0.3 is 0 Å². The van der Waals surface area contributed by atoms with Crippen LogP contribution in [-0.4, -0.2) is 13.7 Å². The Morgan fingerprint density at radius 3 is 2.84 bits per heavy atom. The fourth-order valence-electron chi connectivity index (χ4n) is 2.56. The zero-order valence-corrected chi connectivity index (χ0v) is 15.3. The second-order valence-electron chi connectivity index (χ2n) is 5.54. The minimum atomic E-state index is 0.194. The summed E-state index contributed by atoms with van der Waals surface area (Å²) in [6.07, 6.45) is 7.80. The first-order valence-corrected chi connectivity index (χ1v) is 8.34. The number of ether oxygens (including phenoxy) is 2. The summed E-state index contributed by atoms with van der Waals surface area (Å²) in [5.74, 6) is 3.81. The molecule has 0 aliphatic heterocycles. The Bertz CT molecular complexity index is 793. The predicted molar refractivity (Wildman–Crippen MR) is 105 cm³/mol. The van der Waals surface area contributed by atoms with Gasteiger partial charge in [-0.25, -0.2) is 0 Å². The summed E-state index contributed by atoms with van der Waals surface area (Å²) in [4.78, 5) is 0. The summed E-state index contributed by atoms with van der Waals surface area (Å²) >= 11 is 6.18. The number of nitrogens with one attached hydrogen (secondary N) is 1. The van der Waals surface area contributed by atoms with E-state index in [2.05, 4.69) is 23.9 Å². The van der Waals surface area contributed by atoms with Gasteiger partial charge in [0.15, 0.2) is 11.5 Å². The number of halogens is 1. The number of methoxy groups -OCH3 is 1. The molecule has 0 amide bonds. The molecule has 25 heavy (non-hydrogen) atoms. The lowest BCUT2D eigenvalue weighted by Crippen LogP contribution is -2.05. The van der Waals surface area contributed by atoms with Crippen LogP contribution in [0, 0.1) is 19.3 Å². The van der Waals surface area contributed by atoms with Gasteiger partial charge in [-0.15, -0.1) is 13.0 Å². The lowest BCUT2D eigenvalue weighted by molar-refractivity contribution is 0.328. The van der Waals surface area contributed by atoms with Gasteiger partial charge in [0.1, 0.15) is 6.61 Å². The Balaban J connectivity index is 2.28. The van der Waals surface area contributed by atoms with E-state index in [0.717, 1.165) is 27.4 Å². The van der Waals surface area contributed by atoms with Crippen molar-refractivity contribution >= 4 is 17.3 Å². The number of anilines is 1. The molecule has 1 N–H and O–H groups in total. The van der Waals surface area contributed by atoms with Crippen molar-refractivity contribution in [1.29, 1.82) is 0 Å². The SMILES string of the molecule is C#CCOc1c(CC=C)cc(CNc2cccc(Cl)c2C)cc1OC. The van der Waals surface area contributed by atoms with E-state index in [1.54, 1.807) is 7.11 Å². The summed E-state index contributed by atoms with van der Waals surface area (Å²) < 4.78 is 11.2. The van der Waals surface area contributed by atoms with Crippen molar-refractivity contribution in [2.24, 2.45) is 0 Å². The van der Waals surface area contributed by atoms with Gasteiger partial charge in [-0.05, 0) is 48.7 Å². The van der Waals surface area contributed by atoms with Crippen LogP contribution in [0.3, 0.4) is 0 Å². The monoisotopic (exact) mass is 355 g/mol. The van der Waals surface area contributed by atoms with Crippen molar-refractivity contribution < 1.29 is 9.47 Å². The molecule has 0 saturated heterocycles. The highest BCUT2D eigenvalue weighted by atomic mass is 35.5. The zero-order chi connectivity index (χ0) is 18.2. The number of hydrogen-bond acceptors (Lipinski definition) is 3. The fourth-order valence-corrected chi connectivity index (χ4v) is 2.73. The summed E-state index contributed by atoms with van der Waals surface area (Å²) in [6.45, 7) is 6.63. The van der Waals surface area contributed by atoms with E-state index in [-0.39, 0.29) is 6.61 Å². The normalized spacial score (nSPS) is 10.0. The van der Waals surface area contributed by atoms with Crippen LogP contribution >= 0.6 is 11.6 Å². The molecular formula is C21H22ClNO2. The Hall–Kier alpha value is -2.57. The van der Waals surface area contributed by atoms with E-state index in [9.17, 15) is 0 Å². The van der Waals surface area contributed by atoms with Crippen molar-refractivity contribution in [2.45, 2.75) is 19.9 Å². The van der Waals surface area contributed by atoms with Crippen LogP contribution in [0.1, 0.15) is 16.7 Å². The Kier molecular flexibility index (Phi) is 6.80. The van der Waals surface area contributed by atoms with Crippen LogP contribution in [0.25, 0.3) is 0 Å². The highest BCUT2D eigenvalue weighted by Crippen LogP contribution is 2.34. The second-order valence-corrected chi connectivity index (χ2v) is 5.95. The van der Waals surface area contributed by atoms with Crippen LogP contribution in [0.2, 0.25) is 5.02 Å². The first kappa shape index (κ1) is 18.8. The van der Waals surface area contributed by atoms with Crippen LogP contribution < -0.4 is 14.8 Å². The molecule has 0 spiro atoms. The van der Waals surface area contributed by atoms with E-state index in [1.807, 2.05) is 37.3 Å². The van der Waals surface area contributed by atoms with Gasteiger partial charge in [0, 0.05) is 22.8 Å². The van der Waals surface area contributed by atoms with Gasteiger partial charge in [0.2, 0.25) is 0 Å². The molecule has 0 fully saturated rings. The Labute approximate surface area is 154 Å². The van der Waals surface area contributed by atoms with Crippen molar-refractivity contribution in [3.8, 4) is 23.8 Å². The quantitative estimate of drug-likeness (QED) is 0.533. The molecule has 0 aromatic heterocycles. The molecule has 3 nitrogen and oxygen atoms in total. The molecule has 0 radical (unpaired) electrons. The van der Waals surface area contributed by atoms with Crippen LogP contribution in [-0.2, 0) is 13.0 Å². The third-order valence-electron chi connectivity index (χ3n) is 3.83. The molecule has 2 aromatic carbocycles. The molecule has 2 rings (SSSR count). The molecule has 0 atom stereocenters. The van der Waals surface area contributed by atoms with Crippen molar-refractivity contribution in [2.75, 3.05) is 19.0 Å². The Morgan fingerprint density at radius 2 is 2.16 bits per heavy atom. The van der Waals surface area contributed by atoms with E-state index in [1.165, 1.54) is 0 Å². The molecule has 4 heteroatoms. The first-order chi connectivity index (χ1) is 12.1. The summed E-state index contributed by atoms with van der Waals surface area (Å²) in [5, 5.41) is 4.16. The minimum Gasteiger partial charge on any atom is -0.493 e. The average molecular weight is 356 g/mol. The number of benzene rings is 2. The third-order valence-corrected chi connectivity index (χ3v) is 4.24. The molecule has 0 heterocycles. The van der Waals surface area contributed by atoms with E-state index in [4.69, 9.17) is 27.5 Å². The lowest BCUT2D eigenvalue weighted by atomic mass is 10.0. The number of hydrogen-bond donors (Lipinski definition) is 1. The van der Waals surface area contributed by atoms with Crippen molar-refractivity contribution in [1.82, 2.24) is 0 Å². The smallest absolute Gasteiger partial charge is 0.166 e. The summed E-state index contributed by atoms with van der Waals surface area (Å²) in [6, 6.07) is 9.84. The maximum Gasteiger partial charge on any atom is 0.166 e. The van der Waals surface area contributed by atoms with E-state index in [0.29, 0.717) is 24.5 Å². The molecular weight excluding hydrogens is 334 g/mol. The molecule has 0 bridgehead atoms. The summed E-state index contributed by atoms with van der Waals surface area (Å²) in [5.41, 5.74) is 4.09. The lowest BCUT2D eigenvalue weighted by Gasteiger charge is -2.16. The van der Waals surface area contributed by atoms with E-state index >= 15 is 0 Å². The molecule has 0 aliphatic carbocycles. The van der Waals surface area contributed by atoms with Gasteiger partial charge in [-0.2, -0.15) is 0 Å². The third kappa shape index (κ3) is 4.71. The second kappa shape index (κ2) is 9.05. The predicted octanol–water partition coefficient (Wildman–Crippen LogP) is 5.01. The highest BCUT2D eigenvalue weighted by molar-refractivity contribution is 6.31. The molecule has 0 aliphatic rings. The number of terminal acetylenes is 1. The van der Waals surface area contributed by atoms with Crippen LogP contribution in [0.4, 0.5) is 5.69 Å². The highest BCUT2D eigenvalue weighted by Gasteiger charge is 2.13. The van der Waals surface area contributed by atoms with Crippen LogP contribution in [0.15, 0.2) is 43.0 Å². The molecule has 0 saturated carbocycles. The minimum absolute atomic E-state index is 0.194. The maximum atomic E-state index is 6.18. The van der Waals surface area contributed by atoms with Gasteiger partial charge in [-0.1, -0.05) is 29.7 Å². The number of rotatable bonds is 8. The zero-order valence-electron chi connectivity index (χ0n) is 14.6. The fraction of sp³-hybridized carbons (Fsp3) is 0.238. The number of allylic oxidation sites excluding steroid dienone is 1.